The molecule has 4 heterocycles. The first-order valence-electron chi connectivity index (χ1n) is 9.41. The molecular formula is C20H24N8. The van der Waals surface area contributed by atoms with Gasteiger partial charge in [0.1, 0.15) is 23.5 Å². The van der Waals surface area contributed by atoms with Gasteiger partial charge in [-0.05, 0) is 38.3 Å². The summed E-state index contributed by atoms with van der Waals surface area (Å²) in [7, 11) is 0. The molecule has 0 aliphatic heterocycles. The molecule has 0 aliphatic rings. The second kappa shape index (κ2) is 7.03. The fourth-order valence-electron chi connectivity index (χ4n) is 3.38. The number of nitrogens with zero attached hydrogens (tertiary/aromatic N) is 6. The molecule has 8 nitrogen and oxygen atoms in total. The van der Waals surface area contributed by atoms with Crippen LogP contribution >= 0.6 is 0 Å². The van der Waals surface area contributed by atoms with Crippen molar-refractivity contribution in [3.8, 4) is 22.6 Å². The van der Waals surface area contributed by atoms with Crippen LogP contribution in [0.2, 0.25) is 0 Å². The molecule has 0 bridgehead atoms. The highest BCUT2D eigenvalue weighted by atomic mass is 15.3. The van der Waals surface area contributed by atoms with Crippen molar-refractivity contribution in [2.45, 2.75) is 46.6 Å². The fraction of sp³-hybridized carbons (Fsp3) is 0.350. The number of H-pyrrole nitrogens is 1. The summed E-state index contributed by atoms with van der Waals surface area (Å²) in [6.07, 6.45) is 7.05. The van der Waals surface area contributed by atoms with Crippen molar-refractivity contribution in [1.82, 2.24) is 34.8 Å². The first-order valence-corrected chi connectivity index (χ1v) is 9.41. The highest BCUT2D eigenvalue weighted by Gasteiger charge is 2.21. The van der Waals surface area contributed by atoms with E-state index in [4.69, 9.17) is 0 Å². The first kappa shape index (κ1) is 18.1. The van der Waals surface area contributed by atoms with Crippen LogP contribution in [0.25, 0.3) is 28.3 Å². The number of fused-ring (bicyclic) bond motifs is 1. The van der Waals surface area contributed by atoms with Crippen molar-refractivity contribution < 1.29 is 0 Å². The molecule has 4 aromatic rings. The highest BCUT2D eigenvalue weighted by molar-refractivity contribution is 5.74. The molecule has 0 amide bonds. The van der Waals surface area contributed by atoms with Crippen molar-refractivity contribution in [2.24, 2.45) is 0 Å². The van der Waals surface area contributed by atoms with E-state index >= 15 is 0 Å². The third-order valence-corrected chi connectivity index (χ3v) is 4.56. The lowest BCUT2D eigenvalue weighted by molar-refractivity contribution is 0.869. The molecule has 0 atom stereocenters. The van der Waals surface area contributed by atoms with E-state index < -0.39 is 0 Å². The molecule has 0 aromatic carbocycles. The van der Waals surface area contributed by atoms with E-state index in [0.717, 1.165) is 45.2 Å². The van der Waals surface area contributed by atoms with Crippen LogP contribution in [0.1, 0.15) is 44.7 Å². The minimum Gasteiger partial charge on any atom is -0.367 e. The summed E-state index contributed by atoms with van der Waals surface area (Å²) >= 11 is 0. The van der Waals surface area contributed by atoms with Crippen LogP contribution < -0.4 is 5.32 Å². The Balaban J connectivity index is 1.79. The lowest BCUT2D eigenvalue weighted by Gasteiger charge is -2.11. The zero-order chi connectivity index (χ0) is 19.8. The summed E-state index contributed by atoms with van der Waals surface area (Å²) in [4.78, 5) is 13.3. The number of aromatic amines is 1. The van der Waals surface area contributed by atoms with Crippen LogP contribution in [0.15, 0.2) is 31.0 Å². The normalized spacial score (nSPS) is 11.7. The van der Waals surface area contributed by atoms with Gasteiger partial charge in [0.05, 0.1) is 18.1 Å². The number of rotatable bonds is 5. The molecular weight excluding hydrogens is 352 g/mol. The van der Waals surface area contributed by atoms with Gasteiger partial charge in [0.15, 0.2) is 5.65 Å². The van der Waals surface area contributed by atoms with Crippen molar-refractivity contribution in [3.63, 3.8) is 0 Å². The maximum atomic E-state index is 4.58. The number of aromatic nitrogens is 7. The molecule has 0 radical (unpaired) electrons. The third-order valence-electron chi connectivity index (χ3n) is 4.56. The van der Waals surface area contributed by atoms with Gasteiger partial charge in [-0.2, -0.15) is 10.2 Å². The van der Waals surface area contributed by atoms with E-state index in [0.29, 0.717) is 6.04 Å². The summed E-state index contributed by atoms with van der Waals surface area (Å²) < 4.78 is 1.79. The van der Waals surface area contributed by atoms with Gasteiger partial charge in [-0.15, -0.1) is 0 Å². The van der Waals surface area contributed by atoms with Crippen LogP contribution in [0.5, 0.6) is 0 Å². The number of anilines is 1. The van der Waals surface area contributed by atoms with Gasteiger partial charge in [-0.25, -0.2) is 19.5 Å². The van der Waals surface area contributed by atoms with Crippen molar-refractivity contribution in [3.05, 3.63) is 42.1 Å². The average molecular weight is 376 g/mol. The zero-order valence-electron chi connectivity index (χ0n) is 16.7. The van der Waals surface area contributed by atoms with E-state index in [1.54, 1.807) is 23.2 Å². The maximum absolute atomic E-state index is 4.58. The van der Waals surface area contributed by atoms with Gasteiger partial charge in [-0.3, -0.25) is 5.10 Å². The monoisotopic (exact) mass is 376 g/mol. The molecule has 0 unspecified atom stereocenters. The topological polar surface area (TPSA) is 96.7 Å². The molecule has 0 aliphatic carbocycles. The maximum Gasteiger partial charge on any atom is 0.158 e. The molecule has 0 saturated carbocycles. The Hall–Kier alpha value is -3.29. The quantitative estimate of drug-likeness (QED) is 0.549. The van der Waals surface area contributed by atoms with Crippen LogP contribution in [0.3, 0.4) is 0 Å². The minimum atomic E-state index is 0.255. The highest BCUT2D eigenvalue weighted by Crippen LogP contribution is 2.35. The van der Waals surface area contributed by atoms with E-state index in [9.17, 15) is 0 Å². The van der Waals surface area contributed by atoms with Gasteiger partial charge in [0.25, 0.3) is 0 Å². The van der Waals surface area contributed by atoms with E-state index in [1.165, 1.54) is 0 Å². The third kappa shape index (κ3) is 3.21. The molecule has 4 aromatic heterocycles. The van der Waals surface area contributed by atoms with Crippen LogP contribution in [-0.2, 0) is 0 Å². The SMILES string of the molecule is Cc1cc(-c2[nH]nc(-c3cnc(NC(C)C)cn3)c2C(C)C)cn2ncnc12. The van der Waals surface area contributed by atoms with Gasteiger partial charge < -0.3 is 5.32 Å². The van der Waals surface area contributed by atoms with E-state index in [2.05, 4.69) is 69.3 Å². The Morgan fingerprint density at radius 3 is 2.57 bits per heavy atom. The summed E-state index contributed by atoms with van der Waals surface area (Å²) in [5.41, 5.74) is 6.58. The van der Waals surface area contributed by atoms with Gasteiger partial charge in [-0.1, -0.05) is 13.8 Å². The molecule has 0 fully saturated rings. The Morgan fingerprint density at radius 1 is 1.07 bits per heavy atom. The zero-order valence-corrected chi connectivity index (χ0v) is 16.7. The van der Waals surface area contributed by atoms with Gasteiger partial charge >= 0.3 is 0 Å². The average Bonchev–Trinajstić information content (AvgIpc) is 3.29. The van der Waals surface area contributed by atoms with Crippen molar-refractivity contribution in [2.75, 3.05) is 5.32 Å². The van der Waals surface area contributed by atoms with Crippen molar-refractivity contribution in [1.29, 1.82) is 0 Å². The summed E-state index contributed by atoms with van der Waals surface area (Å²) in [5.74, 6) is 1.01. The largest absolute Gasteiger partial charge is 0.367 e. The number of aryl methyl sites for hydroxylation is 1. The lowest BCUT2D eigenvalue weighted by Crippen LogP contribution is -2.11. The molecule has 28 heavy (non-hydrogen) atoms. The predicted octanol–water partition coefficient (Wildman–Crippen LogP) is 3.83. The molecule has 0 saturated heterocycles. The second-order valence-electron chi connectivity index (χ2n) is 7.54. The summed E-state index contributed by atoms with van der Waals surface area (Å²) in [6, 6.07) is 2.41. The van der Waals surface area contributed by atoms with Crippen LogP contribution in [-0.4, -0.2) is 40.8 Å². The Kier molecular flexibility index (Phi) is 4.54. The summed E-state index contributed by atoms with van der Waals surface area (Å²) in [5, 5.41) is 15.3. The number of hydrogen-bond donors (Lipinski definition) is 2. The molecule has 8 heteroatoms. The number of pyridine rings is 1. The molecule has 0 spiro atoms. The smallest absolute Gasteiger partial charge is 0.158 e. The molecule has 4 rings (SSSR count). The standard InChI is InChI=1S/C20H24N8/c1-11(2)17-18(14-6-13(5)20-23-10-24-28(20)9-14)26-27-19(17)15-7-22-16(8-21-15)25-12(3)4/h6-12H,1-5H3,(H,22,25)(H,26,27). The Bertz CT molecular complexity index is 1110. The van der Waals surface area contributed by atoms with E-state index in [1.807, 2.05) is 13.1 Å². The Morgan fingerprint density at radius 2 is 1.89 bits per heavy atom. The second-order valence-corrected chi connectivity index (χ2v) is 7.54. The summed E-state index contributed by atoms with van der Waals surface area (Å²) in [6.45, 7) is 10.5. The fourth-order valence-corrected chi connectivity index (χ4v) is 3.38. The molecule has 144 valence electrons. The Labute approximate surface area is 163 Å². The predicted molar refractivity (Wildman–Crippen MR) is 109 cm³/mol. The lowest BCUT2D eigenvalue weighted by atomic mass is 9.96. The number of nitrogens with one attached hydrogen (secondary N) is 2. The first-order chi connectivity index (χ1) is 13.4. The number of hydrogen-bond acceptors (Lipinski definition) is 6. The van der Waals surface area contributed by atoms with Gasteiger partial charge in [0, 0.05) is 23.4 Å². The van der Waals surface area contributed by atoms with Crippen molar-refractivity contribution >= 4 is 11.5 Å². The minimum absolute atomic E-state index is 0.255. The molecule has 2 N–H and O–H groups in total. The van der Waals surface area contributed by atoms with E-state index in [-0.39, 0.29) is 5.92 Å². The van der Waals surface area contributed by atoms with Crippen LogP contribution in [0.4, 0.5) is 5.82 Å². The van der Waals surface area contributed by atoms with Crippen LogP contribution in [0, 0.1) is 6.92 Å². The van der Waals surface area contributed by atoms with Gasteiger partial charge in [0.2, 0.25) is 0 Å².